The number of imidazole rings is 1. The smallest absolute Gasteiger partial charge is 0.225 e. The van der Waals surface area contributed by atoms with Crippen molar-refractivity contribution in [3.8, 4) is 5.75 Å². The summed E-state index contributed by atoms with van der Waals surface area (Å²) < 4.78 is 8.18. The number of fused-ring (bicyclic) bond motifs is 1. The summed E-state index contributed by atoms with van der Waals surface area (Å²) in [5.74, 6) is 2.27. The molecule has 0 saturated carbocycles. The van der Waals surface area contributed by atoms with Crippen molar-refractivity contribution < 1.29 is 9.53 Å². The van der Waals surface area contributed by atoms with E-state index < -0.39 is 5.41 Å². The SMILES string of the molecule is CCC(C)c1ccc(OCCn2c(C(C)NC(=O)C(C)(C)C)nc3ccccc32)cc1. The minimum atomic E-state index is -0.449. The maximum Gasteiger partial charge on any atom is 0.225 e. The van der Waals surface area contributed by atoms with E-state index in [1.807, 2.05) is 58.0 Å². The maximum atomic E-state index is 12.5. The molecule has 1 aromatic heterocycles. The van der Waals surface area contributed by atoms with E-state index in [-0.39, 0.29) is 11.9 Å². The van der Waals surface area contributed by atoms with Crippen molar-refractivity contribution in [2.45, 2.75) is 66.5 Å². The standard InChI is InChI=1S/C26H35N3O2/c1-7-18(2)20-12-14-21(15-13-20)31-17-16-29-23-11-9-8-10-22(23)28-24(29)19(3)27-25(30)26(4,5)6/h8-15,18-19H,7,16-17H2,1-6H3,(H,27,30). The van der Waals surface area contributed by atoms with Gasteiger partial charge < -0.3 is 14.6 Å². The number of rotatable bonds is 8. The summed E-state index contributed by atoms with van der Waals surface area (Å²) in [5.41, 5.74) is 2.86. The van der Waals surface area contributed by atoms with Crippen molar-refractivity contribution in [3.05, 3.63) is 59.9 Å². The summed E-state index contributed by atoms with van der Waals surface area (Å²) in [6.45, 7) is 13.3. The first kappa shape index (κ1) is 22.9. The lowest BCUT2D eigenvalue weighted by Gasteiger charge is -2.22. The van der Waals surface area contributed by atoms with Crippen LogP contribution in [0.15, 0.2) is 48.5 Å². The molecule has 0 aliphatic rings. The molecule has 166 valence electrons. The van der Waals surface area contributed by atoms with Gasteiger partial charge in [0.05, 0.1) is 23.6 Å². The Bertz CT molecular complexity index is 1020. The Morgan fingerprint density at radius 3 is 2.42 bits per heavy atom. The van der Waals surface area contributed by atoms with E-state index in [4.69, 9.17) is 9.72 Å². The molecule has 2 aromatic carbocycles. The van der Waals surface area contributed by atoms with Crippen molar-refractivity contribution in [2.75, 3.05) is 6.61 Å². The zero-order valence-corrected chi connectivity index (χ0v) is 19.6. The quantitative estimate of drug-likeness (QED) is 0.496. The number of benzene rings is 2. The number of hydrogen-bond acceptors (Lipinski definition) is 3. The Labute approximate surface area is 185 Å². The third-order valence-corrected chi connectivity index (χ3v) is 5.75. The molecule has 5 heteroatoms. The topological polar surface area (TPSA) is 56.1 Å². The van der Waals surface area contributed by atoms with Crippen molar-refractivity contribution in [2.24, 2.45) is 5.41 Å². The molecule has 1 amide bonds. The molecule has 2 unspecified atom stereocenters. The van der Waals surface area contributed by atoms with E-state index in [9.17, 15) is 4.79 Å². The summed E-state index contributed by atoms with van der Waals surface area (Å²) >= 11 is 0. The van der Waals surface area contributed by atoms with Crippen LogP contribution in [0.1, 0.15) is 71.3 Å². The third-order valence-electron chi connectivity index (χ3n) is 5.75. The first-order valence-electron chi connectivity index (χ1n) is 11.2. The van der Waals surface area contributed by atoms with Gasteiger partial charge in [-0.05, 0) is 49.1 Å². The van der Waals surface area contributed by atoms with Gasteiger partial charge in [-0.15, -0.1) is 0 Å². The molecule has 3 rings (SSSR count). The molecule has 0 radical (unpaired) electrons. The third kappa shape index (κ3) is 5.46. The predicted octanol–water partition coefficient (Wildman–Crippen LogP) is 5.85. The molecule has 0 aliphatic carbocycles. The Morgan fingerprint density at radius 2 is 1.77 bits per heavy atom. The lowest BCUT2D eigenvalue weighted by molar-refractivity contribution is -0.129. The summed E-state index contributed by atoms with van der Waals surface area (Å²) in [4.78, 5) is 17.3. The fraction of sp³-hybridized carbons (Fsp3) is 0.462. The average molecular weight is 422 g/mol. The number of carbonyl (C=O) groups excluding carboxylic acids is 1. The van der Waals surface area contributed by atoms with Crippen LogP contribution in [0, 0.1) is 5.41 Å². The van der Waals surface area contributed by atoms with E-state index in [1.54, 1.807) is 0 Å². The average Bonchev–Trinajstić information content (AvgIpc) is 3.12. The molecule has 31 heavy (non-hydrogen) atoms. The van der Waals surface area contributed by atoms with Crippen molar-refractivity contribution in [1.82, 2.24) is 14.9 Å². The van der Waals surface area contributed by atoms with Crippen LogP contribution in [0.3, 0.4) is 0 Å². The highest BCUT2D eigenvalue weighted by Crippen LogP contribution is 2.24. The van der Waals surface area contributed by atoms with Crippen LogP contribution in [0.4, 0.5) is 0 Å². The van der Waals surface area contributed by atoms with E-state index in [0.29, 0.717) is 19.1 Å². The van der Waals surface area contributed by atoms with Gasteiger partial charge in [-0.1, -0.05) is 58.9 Å². The summed E-state index contributed by atoms with van der Waals surface area (Å²) in [6, 6.07) is 16.2. The lowest BCUT2D eigenvalue weighted by atomic mass is 9.95. The number of carbonyl (C=O) groups is 1. The van der Waals surface area contributed by atoms with Crippen molar-refractivity contribution >= 4 is 16.9 Å². The van der Waals surface area contributed by atoms with Gasteiger partial charge in [0.25, 0.3) is 0 Å². The zero-order chi connectivity index (χ0) is 22.6. The van der Waals surface area contributed by atoms with Gasteiger partial charge in [0.1, 0.15) is 18.2 Å². The second-order valence-electron chi connectivity index (χ2n) is 9.28. The summed E-state index contributed by atoms with van der Waals surface area (Å²) in [5, 5.41) is 3.10. The molecule has 0 aliphatic heterocycles. The molecular formula is C26H35N3O2. The van der Waals surface area contributed by atoms with Gasteiger partial charge in [0.15, 0.2) is 0 Å². The van der Waals surface area contributed by atoms with Gasteiger partial charge in [-0.25, -0.2) is 4.98 Å². The van der Waals surface area contributed by atoms with Crippen LogP contribution in [0.5, 0.6) is 5.75 Å². The predicted molar refractivity (Wildman–Crippen MR) is 126 cm³/mol. The lowest BCUT2D eigenvalue weighted by Crippen LogP contribution is -2.37. The Kier molecular flexibility index (Phi) is 7.04. The van der Waals surface area contributed by atoms with Gasteiger partial charge >= 0.3 is 0 Å². The molecule has 0 spiro atoms. The van der Waals surface area contributed by atoms with Gasteiger partial charge in [-0.3, -0.25) is 4.79 Å². The van der Waals surface area contributed by atoms with Crippen LogP contribution in [-0.2, 0) is 11.3 Å². The Hall–Kier alpha value is -2.82. The molecule has 0 fully saturated rings. The molecular weight excluding hydrogens is 386 g/mol. The zero-order valence-electron chi connectivity index (χ0n) is 19.6. The van der Waals surface area contributed by atoms with Crippen LogP contribution < -0.4 is 10.1 Å². The second-order valence-corrected chi connectivity index (χ2v) is 9.28. The number of nitrogens with zero attached hydrogens (tertiary/aromatic N) is 2. The van der Waals surface area contributed by atoms with Crippen LogP contribution in [0.2, 0.25) is 0 Å². The van der Waals surface area contributed by atoms with E-state index in [0.717, 1.165) is 29.0 Å². The number of ether oxygens (including phenoxy) is 1. The molecule has 2 atom stereocenters. The van der Waals surface area contributed by atoms with Crippen LogP contribution in [-0.4, -0.2) is 22.1 Å². The first-order valence-corrected chi connectivity index (χ1v) is 11.2. The highest BCUT2D eigenvalue weighted by Gasteiger charge is 2.25. The van der Waals surface area contributed by atoms with E-state index >= 15 is 0 Å². The molecule has 1 heterocycles. The van der Waals surface area contributed by atoms with Gasteiger partial charge in [0, 0.05) is 5.41 Å². The van der Waals surface area contributed by atoms with E-state index in [1.165, 1.54) is 5.56 Å². The Balaban J connectivity index is 1.75. The minimum absolute atomic E-state index is 0.0104. The number of aromatic nitrogens is 2. The van der Waals surface area contributed by atoms with E-state index in [2.05, 4.69) is 41.9 Å². The first-order chi connectivity index (χ1) is 14.7. The highest BCUT2D eigenvalue weighted by atomic mass is 16.5. The van der Waals surface area contributed by atoms with Crippen molar-refractivity contribution in [1.29, 1.82) is 0 Å². The highest BCUT2D eigenvalue weighted by molar-refractivity contribution is 5.82. The second kappa shape index (κ2) is 9.54. The van der Waals surface area contributed by atoms with Gasteiger partial charge in [-0.2, -0.15) is 0 Å². The van der Waals surface area contributed by atoms with Crippen LogP contribution >= 0.6 is 0 Å². The molecule has 0 saturated heterocycles. The number of para-hydroxylation sites is 2. The van der Waals surface area contributed by atoms with Gasteiger partial charge in [0.2, 0.25) is 5.91 Å². The largest absolute Gasteiger partial charge is 0.492 e. The molecule has 1 N–H and O–H groups in total. The van der Waals surface area contributed by atoms with Crippen molar-refractivity contribution in [3.63, 3.8) is 0 Å². The Morgan fingerprint density at radius 1 is 1.10 bits per heavy atom. The fourth-order valence-corrected chi connectivity index (χ4v) is 3.52. The molecule has 0 bridgehead atoms. The monoisotopic (exact) mass is 421 g/mol. The fourth-order valence-electron chi connectivity index (χ4n) is 3.52. The summed E-state index contributed by atoms with van der Waals surface area (Å²) in [6.07, 6.45) is 1.13. The molecule has 3 aromatic rings. The number of amides is 1. The minimum Gasteiger partial charge on any atom is -0.492 e. The van der Waals surface area contributed by atoms with Crippen LogP contribution in [0.25, 0.3) is 11.0 Å². The summed E-state index contributed by atoms with van der Waals surface area (Å²) in [7, 11) is 0. The molecule has 5 nitrogen and oxygen atoms in total. The number of nitrogens with one attached hydrogen (secondary N) is 1. The number of hydrogen-bond donors (Lipinski definition) is 1. The maximum absolute atomic E-state index is 12.5. The normalized spacial score (nSPS) is 13.7.